The minimum absolute atomic E-state index is 0.0819. The van der Waals surface area contributed by atoms with E-state index in [4.69, 9.17) is 10.5 Å². The number of rotatable bonds is 5. The highest BCUT2D eigenvalue weighted by molar-refractivity contribution is 5.81. The van der Waals surface area contributed by atoms with Gasteiger partial charge in [0, 0.05) is 13.2 Å². The van der Waals surface area contributed by atoms with Crippen LogP contribution in [0.25, 0.3) is 0 Å². The fourth-order valence-corrected chi connectivity index (χ4v) is 2.91. The number of amides is 1. The van der Waals surface area contributed by atoms with Gasteiger partial charge in [-0.15, -0.1) is 0 Å². The summed E-state index contributed by atoms with van der Waals surface area (Å²) >= 11 is 0. The van der Waals surface area contributed by atoms with Crippen molar-refractivity contribution >= 4 is 5.91 Å². The van der Waals surface area contributed by atoms with Crippen molar-refractivity contribution in [3.8, 4) is 0 Å². The standard InChI is InChI=1S/C14H28N2O2/c1-9(2)11-6-5-10(3)7-13(11)16-14(17)12(15)8-18-4/h9-13H,5-8,15H2,1-4H3,(H,16,17). The summed E-state index contributed by atoms with van der Waals surface area (Å²) in [6, 6.07) is -0.288. The molecule has 1 rings (SSSR count). The normalized spacial score (nSPS) is 30.2. The molecule has 18 heavy (non-hydrogen) atoms. The van der Waals surface area contributed by atoms with E-state index in [-0.39, 0.29) is 18.6 Å². The van der Waals surface area contributed by atoms with Crippen LogP contribution < -0.4 is 11.1 Å². The maximum atomic E-state index is 12.0. The lowest BCUT2D eigenvalue weighted by atomic mass is 9.74. The number of nitrogens with one attached hydrogen (secondary N) is 1. The molecule has 0 aromatic rings. The maximum Gasteiger partial charge on any atom is 0.239 e. The van der Waals surface area contributed by atoms with E-state index in [1.807, 2.05) is 0 Å². The van der Waals surface area contributed by atoms with Crippen LogP contribution in [0, 0.1) is 17.8 Å². The predicted octanol–water partition coefficient (Wildman–Crippen LogP) is 1.54. The molecule has 0 spiro atoms. The van der Waals surface area contributed by atoms with Gasteiger partial charge in [0.05, 0.1) is 6.61 Å². The summed E-state index contributed by atoms with van der Waals surface area (Å²) in [5.74, 6) is 1.77. The molecular weight excluding hydrogens is 228 g/mol. The smallest absolute Gasteiger partial charge is 0.239 e. The first-order chi connectivity index (χ1) is 8.45. The van der Waals surface area contributed by atoms with Crippen LogP contribution in [-0.2, 0) is 9.53 Å². The van der Waals surface area contributed by atoms with Crippen LogP contribution in [0.5, 0.6) is 0 Å². The summed E-state index contributed by atoms with van der Waals surface area (Å²) in [4.78, 5) is 12.0. The molecule has 1 aliphatic carbocycles. The second kappa shape index (κ2) is 7.10. The molecule has 3 N–H and O–H groups in total. The number of hydrogen-bond donors (Lipinski definition) is 2. The Labute approximate surface area is 111 Å². The zero-order valence-corrected chi connectivity index (χ0v) is 12.1. The molecule has 1 fully saturated rings. The van der Waals surface area contributed by atoms with E-state index < -0.39 is 6.04 Å². The third-order valence-corrected chi connectivity index (χ3v) is 4.03. The molecule has 106 valence electrons. The number of nitrogens with two attached hydrogens (primary N) is 1. The number of carbonyl (C=O) groups excluding carboxylic acids is 1. The Morgan fingerprint density at radius 3 is 2.67 bits per heavy atom. The van der Waals surface area contributed by atoms with Crippen molar-refractivity contribution in [1.82, 2.24) is 5.32 Å². The number of hydrogen-bond acceptors (Lipinski definition) is 3. The lowest BCUT2D eigenvalue weighted by molar-refractivity contribution is -0.125. The molecule has 4 atom stereocenters. The molecule has 0 aromatic heterocycles. The van der Waals surface area contributed by atoms with Gasteiger partial charge in [-0.3, -0.25) is 4.79 Å². The maximum absolute atomic E-state index is 12.0. The number of carbonyl (C=O) groups is 1. The highest BCUT2D eigenvalue weighted by Gasteiger charge is 2.32. The summed E-state index contributed by atoms with van der Waals surface area (Å²) in [7, 11) is 1.56. The van der Waals surface area contributed by atoms with Gasteiger partial charge in [-0.1, -0.05) is 27.2 Å². The lowest BCUT2D eigenvalue weighted by Crippen LogP contribution is -2.52. The van der Waals surface area contributed by atoms with Gasteiger partial charge in [0.2, 0.25) is 5.91 Å². The zero-order valence-electron chi connectivity index (χ0n) is 12.1. The molecule has 4 heteroatoms. The molecule has 1 saturated carbocycles. The van der Waals surface area contributed by atoms with Crippen molar-refractivity contribution in [2.45, 2.75) is 52.1 Å². The second-order valence-corrected chi connectivity index (χ2v) is 6.00. The molecular formula is C14H28N2O2. The first kappa shape index (κ1) is 15.4. The first-order valence-electron chi connectivity index (χ1n) is 7.00. The van der Waals surface area contributed by atoms with Gasteiger partial charge >= 0.3 is 0 Å². The van der Waals surface area contributed by atoms with Crippen LogP contribution in [0.15, 0.2) is 0 Å². The molecule has 0 saturated heterocycles. The fraction of sp³-hybridized carbons (Fsp3) is 0.929. The first-order valence-corrected chi connectivity index (χ1v) is 7.00. The number of ether oxygens (including phenoxy) is 1. The lowest BCUT2D eigenvalue weighted by Gasteiger charge is -2.38. The quantitative estimate of drug-likeness (QED) is 0.784. The Morgan fingerprint density at radius 1 is 1.44 bits per heavy atom. The largest absolute Gasteiger partial charge is 0.383 e. The molecule has 1 amide bonds. The van der Waals surface area contributed by atoms with Crippen LogP contribution in [0.4, 0.5) is 0 Å². The average molecular weight is 256 g/mol. The Hall–Kier alpha value is -0.610. The molecule has 0 bridgehead atoms. The van der Waals surface area contributed by atoms with Crippen LogP contribution in [-0.4, -0.2) is 31.7 Å². The van der Waals surface area contributed by atoms with E-state index in [0.717, 1.165) is 6.42 Å². The van der Waals surface area contributed by atoms with E-state index in [2.05, 4.69) is 26.1 Å². The van der Waals surface area contributed by atoms with E-state index in [1.165, 1.54) is 12.8 Å². The fourth-order valence-electron chi connectivity index (χ4n) is 2.91. The molecule has 4 nitrogen and oxygen atoms in total. The summed E-state index contributed by atoms with van der Waals surface area (Å²) in [5, 5.41) is 3.12. The van der Waals surface area contributed by atoms with Crippen molar-refractivity contribution in [3.63, 3.8) is 0 Å². The third kappa shape index (κ3) is 4.25. The Morgan fingerprint density at radius 2 is 2.11 bits per heavy atom. The monoisotopic (exact) mass is 256 g/mol. The zero-order chi connectivity index (χ0) is 13.7. The topological polar surface area (TPSA) is 64.3 Å². The highest BCUT2D eigenvalue weighted by atomic mass is 16.5. The Bertz CT molecular complexity index is 269. The van der Waals surface area contributed by atoms with E-state index in [9.17, 15) is 4.79 Å². The summed E-state index contributed by atoms with van der Waals surface area (Å²) in [6.45, 7) is 7.00. The Balaban J connectivity index is 2.57. The molecule has 0 aliphatic heterocycles. The predicted molar refractivity (Wildman–Crippen MR) is 73.1 cm³/mol. The van der Waals surface area contributed by atoms with Crippen molar-refractivity contribution in [3.05, 3.63) is 0 Å². The van der Waals surface area contributed by atoms with Gasteiger partial charge in [-0.2, -0.15) is 0 Å². The van der Waals surface area contributed by atoms with Crippen molar-refractivity contribution in [2.24, 2.45) is 23.5 Å². The average Bonchev–Trinajstić information content (AvgIpc) is 2.28. The minimum atomic E-state index is -0.556. The Kier molecular flexibility index (Phi) is 6.09. The van der Waals surface area contributed by atoms with Crippen LogP contribution in [0.2, 0.25) is 0 Å². The minimum Gasteiger partial charge on any atom is -0.383 e. The van der Waals surface area contributed by atoms with E-state index >= 15 is 0 Å². The van der Waals surface area contributed by atoms with Gasteiger partial charge in [0.25, 0.3) is 0 Å². The highest BCUT2D eigenvalue weighted by Crippen LogP contribution is 2.33. The van der Waals surface area contributed by atoms with Crippen molar-refractivity contribution in [1.29, 1.82) is 0 Å². The van der Waals surface area contributed by atoms with Crippen molar-refractivity contribution in [2.75, 3.05) is 13.7 Å². The molecule has 0 heterocycles. The molecule has 1 aliphatic rings. The molecule has 0 radical (unpaired) electrons. The van der Waals surface area contributed by atoms with Gasteiger partial charge < -0.3 is 15.8 Å². The van der Waals surface area contributed by atoms with Crippen LogP contribution in [0.3, 0.4) is 0 Å². The van der Waals surface area contributed by atoms with Gasteiger partial charge in [0.15, 0.2) is 0 Å². The SMILES string of the molecule is COCC(N)C(=O)NC1CC(C)CCC1C(C)C. The van der Waals surface area contributed by atoms with Crippen molar-refractivity contribution < 1.29 is 9.53 Å². The second-order valence-electron chi connectivity index (χ2n) is 6.00. The summed E-state index contributed by atoms with van der Waals surface area (Å²) in [6.07, 6.45) is 3.52. The molecule has 4 unspecified atom stereocenters. The molecule has 0 aromatic carbocycles. The third-order valence-electron chi connectivity index (χ3n) is 4.03. The van der Waals surface area contributed by atoms with Crippen LogP contribution in [0.1, 0.15) is 40.0 Å². The number of methoxy groups -OCH3 is 1. The van der Waals surface area contributed by atoms with Crippen LogP contribution >= 0.6 is 0 Å². The summed E-state index contributed by atoms with van der Waals surface area (Å²) < 4.78 is 4.92. The van der Waals surface area contributed by atoms with Gasteiger partial charge in [0.1, 0.15) is 6.04 Å². The summed E-state index contributed by atoms with van der Waals surface area (Å²) in [5.41, 5.74) is 5.76. The van der Waals surface area contributed by atoms with Gasteiger partial charge in [-0.25, -0.2) is 0 Å². The van der Waals surface area contributed by atoms with E-state index in [0.29, 0.717) is 17.8 Å². The van der Waals surface area contributed by atoms with E-state index in [1.54, 1.807) is 7.11 Å². The van der Waals surface area contributed by atoms with Gasteiger partial charge in [-0.05, 0) is 30.6 Å².